The highest BCUT2D eigenvalue weighted by molar-refractivity contribution is 5.85. The van der Waals surface area contributed by atoms with E-state index in [1.807, 2.05) is 0 Å². The van der Waals surface area contributed by atoms with Gasteiger partial charge in [-0.2, -0.15) is 0 Å². The number of hydrogen-bond acceptors (Lipinski definition) is 2. The average Bonchev–Trinajstić information content (AvgIpc) is 2.04. The van der Waals surface area contributed by atoms with Crippen LogP contribution in [-0.2, 0) is 10.3 Å². The molecule has 0 aromatic heterocycles. The summed E-state index contributed by atoms with van der Waals surface area (Å²) in [6, 6.07) is 5.58. The topological polar surface area (TPSA) is 63.3 Å². The van der Waals surface area contributed by atoms with E-state index in [-0.39, 0.29) is 18.0 Å². The Balaban J connectivity index is 0.00000169. The van der Waals surface area contributed by atoms with Gasteiger partial charge >= 0.3 is 5.97 Å². The smallest absolute Gasteiger partial charge is 0.328 e. The van der Waals surface area contributed by atoms with Crippen LogP contribution in [0.15, 0.2) is 24.3 Å². The summed E-state index contributed by atoms with van der Waals surface area (Å²) >= 11 is 0. The second-order valence-electron chi connectivity index (χ2n) is 2.99. The largest absolute Gasteiger partial charge is 0.480 e. The molecule has 5 heteroatoms. The maximum atomic E-state index is 13.1. The molecule has 0 heterocycles. The summed E-state index contributed by atoms with van der Waals surface area (Å²) in [5.74, 6) is -1.85. The molecule has 0 fully saturated rings. The fourth-order valence-electron chi connectivity index (χ4n) is 0.998. The van der Waals surface area contributed by atoms with Crippen molar-refractivity contribution in [3.8, 4) is 0 Å². The number of aliphatic carboxylic acids is 1. The third-order valence-corrected chi connectivity index (χ3v) is 1.88. The van der Waals surface area contributed by atoms with Crippen LogP contribution in [0, 0.1) is 5.82 Å². The van der Waals surface area contributed by atoms with E-state index in [2.05, 4.69) is 0 Å². The summed E-state index contributed by atoms with van der Waals surface area (Å²) in [6.45, 7) is 1.26. The van der Waals surface area contributed by atoms with Gasteiger partial charge in [-0.25, -0.2) is 9.18 Å². The predicted octanol–water partition coefficient (Wildman–Crippen LogP) is 1.51. The zero-order valence-electron chi connectivity index (χ0n) is 7.53. The van der Waals surface area contributed by atoms with Crippen molar-refractivity contribution in [3.63, 3.8) is 0 Å². The molecule has 0 aliphatic rings. The van der Waals surface area contributed by atoms with Crippen LogP contribution in [0.2, 0.25) is 0 Å². The molecule has 0 aliphatic carbocycles. The van der Waals surface area contributed by atoms with E-state index in [1.165, 1.54) is 25.1 Å². The Bertz CT molecular complexity index is 341. The molecule has 0 aliphatic heterocycles. The van der Waals surface area contributed by atoms with Crippen molar-refractivity contribution < 1.29 is 14.3 Å². The minimum atomic E-state index is -1.68. The second-order valence-corrected chi connectivity index (χ2v) is 2.99. The molecule has 3 N–H and O–H groups in total. The molecule has 0 unspecified atom stereocenters. The van der Waals surface area contributed by atoms with Gasteiger partial charge in [0.25, 0.3) is 0 Å². The highest BCUT2D eigenvalue weighted by Gasteiger charge is 2.32. The summed E-state index contributed by atoms with van der Waals surface area (Å²) in [4.78, 5) is 10.7. The number of rotatable bonds is 2. The highest BCUT2D eigenvalue weighted by Crippen LogP contribution is 2.20. The van der Waals surface area contributed by atoms with Crippen molar-refractivity contribution in [2.24, 2.45) is 5.73 Å². The van der Waals surface area contributed by atoms with Crippen molar-refractivity contribution in [2.45, 2.75) is 12.5 Å². The SMILES string of the molecule is C[C@](N)(C(=O)O)c1ccccc1F.Cl. The quantitative estimate of drug-likeness (QED) is 0.793. The molecule has 1 aromatic rings. The lowest BCUT2D eigenvalue weighted by Crippen LogP contribution is -2.42. The molecule has 14 heavy (non-hydrogen) atoms. The van der Waals surface area contributed by atoms with E-state index in [0.717, 1.165) is 0 Å². The van der Waals surface area contributed by atoms with Crippen molar-refractivity contribution in [1.82, 2.24) is 0 Å². The molecular weight excluding hydrogens is 209 g/mol. The molecule has 0 spiro atoms. The maximum absolute atomic E-state index is 13.1. The van der Waals surface area contributed by atoms with E-state index in [1.54, 1.807) is 6.07 Å². The van der Waals surface area contributed by atoms with Gasteiger partial charge in [0.15, 0.2) is 0 Å². The van der Waals surface area contributed by atoms with Crippen molar-refractivity contribution in [1.29, 1.82) is 0 Å². The lowest BCUT2D eigenvalue weighted by atomic mass is 9.93. The second kappa shape index (κ2) is 4.39. The molecule has 1 rings (SSSR count). The van der Waals surface area contributed by atoms with E-state index in [0.29, 0.717) is 0 Å². The van der Waals surface area contributed by atoms with Crippen LogP contribution in [0.1, 0.15) is 12.5 Å². The zero-order valence-corrected chi connectivity index (χ0v) is 8.34. The first-order valence-corrected chi connectivity index (χ1v) is 3.73. The van der Waals surface area contributed by atoms with Crippen molar-refractivity contribution >= 4 is 18.4 Å². The fourth-order valence-corrected chi connectivity index (χ4v) is 0.998. The summed E-state index contributed by atoms with van der Waals surface area (Å²) in [7, 11) is 0. The zero-order chi connectivity index (χ0) is 10.1. The fraction of sp³-hybridized carbons (Fsp3) is 0.222. The Morgan fingerprint density at radius 1 is 1.50 bits per heavy atom. The van der Waals surface area contributed by atoms with Crippen LogP contribution in [0.25, 0.3) is 0 Å². The van der Waals surface area contributed by atoms with E-state index in [4.69, 9.17) is 10.8 Å². The summed E-state index contributed by atoms with van der Waals surface area (Å²) < 4.78 is 13.1. The Hall–Kier alpha value is -1.13. The molecule has 1 aromatic carbocycles. The number of carbonyl (C=O) groups is 1. The molecule has 0 bridgehead atoms. The third-order valence-electron chi connectivity index (χ3n) is 1.88. The van der Waals surface area contributed by atoms with Gasteiger partial charge in [0.05, 0.1) is 0 Å². The van der Waals surface area contributed by atoms with Gasteiger partial charge in [0, 0.05) is 5.56 Å². The number of carboxylic acids is 1. The van der Waals surface area contributed by atoms with Crippen LogP contribution in [0.5, 0.6) is 0 Å². The Morgan fingerprint density at radius 2 is 2.00 bits per heavy atom. The first-order chi connectivity index (χ1) is 5.96. The minimum Gasteiger partial charge on any atom is -0.480 e. The summed E-state index contributed by atoms with van der Waals surface area (Å²) in [6.07, 6.45) is 0. The average molecular weight is 220 g/mol. The van der Waals surface area contributed by atoms with Crippen molar-refractivity contribution in [3.05, 3.63) is 35.6 Å². The number of hydrogen-bond donors (Lipinski definition) is 2. The monoisotopic (exact) mass is 219 g/mol. The summed E-state index contributed by atoms with van der Waals surface area (Å²) in [5, 5.41) is 8.73. The highest BCUT2D eigenvalue weighted by atomic mass is 35.5. The number of carboxylic acid groups (broad SMARTS) is 1. The van der Waals surface area contributed by atoms with E-state index < -0.39 is 17.3 Å². The molecular formula is C9H11ClFNO2. The maximum Gasteiger partial charge on any atom is 0.328 e. The van der Waals surface area contributed by atoms with E-state index in [9.17, 15) is 9.18 Å². The molecule has 0 saturated heterocycles. The normalized spacial score (nSPS) is 13.9. The molecule has 78 valence electrons. The van der Waals surface area contributed by atoms with Crippen LogP contribution in [0.3, 0.4) is 0 Å². The van der Waals surface area contributed by atoms with Crippen LogP contribution < -0.4 is 5.73 Å². The van der Waals surface area contributed by atoms with Crippen molar-refractivity contribution in [2.75, 3.05) is 0 Å². The molecule has 3 nitrogen and oxygen atoms in total. The number of nitrogens with two attached hydrogens (primary N) is 1. The van der Waals surface area contributed by atoms with Crippen LogP contribution in [-0.4, -0.2) is 11.1 Å². The first-order valence-electron chi connectivity index (χ1n) is 3.73. The van der Waals surface area contributed by atoms with Gasteiger partial charge in [-0.05, 0) is 13.0 Å². The Morgan fingerprint density at radius 3 is 2.43 bits per heavy atom. The number of benzene rings is 1. The van der Waals surface area contributed by atoms with Gasteiger partial charge in [0.1, 0.15) is 11.4 Å². The lowest BCUT2D eigenvalue weighted by molar-refractivity contribution is -0.143. The van der Waals surface area contributed by atoms with Gasteiger partial charge in [-0.3, -0.25) is 0 Å². The molecule has 1 atom stereocenters. The Labute approximate surface area is 87.1 Å². The Kier molecular flexibility index (Phi) is 4.04. The summed E-state index contributed by atoms with van der Waals surface area (Å²) in [5.41, 5.74) is 3.76. The van der Waals surface area contributed by atoms with Crippen LogP contribution >= 0.6 is 12.4 Å². The minimum absolute atomic E-state index is 0. The lowest BCUT2D eigenvalue weighted by Gasteiger charge is -2.19. The third kappa shape index (κ3) is 2.21. The van der Waals surface area contributed by atoms with Gasteiger partial charge in [-0.15, -0.1) is 12.4 Å². The van der Waals surface area contributed by atoms with Gasteiger partial charge < -0.3 is 10.8 Å². The molecule has 0 saturated carbocycles. The first kappa shape index (κ1) is 12.9. The predicted molar refractivity (Wildman–Crippen MR) is 52.8 cm³/mol. The molecule has 0 radical (unpaired) electrons. The van der Waals surface area contributed by atoms with Crippen LogP contribution in [0.4, 0.5) is 4.39 Å². The van der Waals surface area contributed by atoms with Gasteiger partial charge in [-0.1, -0.05) is 18.2 Å². The number of halogens is 2. The van der Waals surface area contributed by atoms with Gasteiger partial charge in [0.2, 0.25) is 0 Å². The molecule has 0 amide bonds. The standard InChI is InChI=1S/C9H10FNO2.ClH/c1-9(11,8(12)13)6-4-2-3-5-7(6)10;/h2-5H,11H2,1H3,(H,12,13);1H/t9-;/m1./s1. The van der Waals surface area contributed by atoms with E-state index >= 15 is 0 Å².